The third-order valence-corrected chi connectivity index (χ3v) is 2.91. The molecular weight excluding hydrogens is 266 g/mol. The van der Waals surface area contributed by atoms with Gasteiger partial charge in [0, 0.05) is 23.5 Å². The first-order valence-corrected chi connectivity index (χ1v) is 6.80. The number of hydrogen-bond acceptors (Lipinski definition) is 3. The van der Waals surface area contributed by atoms with Gasteiger partial charge in [-0.3, -0.25) is 0 Å². The highest BCUT2D eigenvalue weighted by molar-refractivity contribution is 5.87. The summed E-state index contributed by atoms with van der Waals surface area (Å²) < 4.78 is 5.59. The molecule has 2 aromatic rings. The summed E-state index contributed by atoms with van der Waals surface area (Å²) in [4.78, 5) is 10.7. The Labute approximate surface area is 124 Å². The molecule has 2 amide bonds. The lowest BCUT2D eigenvalue weighted by Crippen LogP contribution is -2.19. The van der Waals surface area contributed by atoms with E-state index in [2.05, 4.69) is 10.6 Å². The number of carbonyl (C=O) groups excluding carboxylic acids is 1. The largest absolute Gasteiger partial charge is 0.494 e. The van der Waals surface area contributed by atoms with Gasteiger partial charge >= 0.3 is 6.03 Å². The molecule has 110 valence electrons. The van der Waals surface area contributed by atoms with Crippen molar-refractivity contribution >= 4 is 17.4 Å². The zero-order valence-corrected chi connectivity index (χ0v) is 11.9. The van der Waals surface area contributed by atoms with Gasteiger partial charge in [0.1, 0.15) is 5.75 Å². The van der Waals surface area contributed by atoms with Crippen LogP contribution in [0.3, 0.4) is 0 Å². The smallest absolute Gasteiger partial charge is 0.316 e. The Balaban J connectivity index is 1.98. The van der Waals surface area contributed by atoms with Crippen molar-refractivity contribution < 1.29 is 9.53 Å². The van der Waals surface area contributed by atoms with Crippen LogP contribution in [-0.4, -0.2) is 12.6 Å². The summed E-state index contributed by atoms with van der Waals surface area (Å²) in [6, 6.07) is 14.7. The Morgan fingerprint density at radius 3 is 2.43 bits per heavy atom. The van der Waals surface area contributed by atoms with Crippen molar-refractivity contribution in [2.45, 2.75) is 13.5 Å². The molecule has 0 aromatic heterocycles. The molecule has 5 heteroatoms. The fourth-order valence-electron chi connectivity index (χ4n) is 1.96. The predicted octanol–water partition coefficient (Wildman–Crippen LogP) is 3.19. The van der Waals surface area contributed by atoms with Gasteiger partial charge in [-0.25, -0.2) is 4.79 Å². The van der Waals surface area contributed by atoms with E-state index >= 15 is 0 Å². The number of rotatable bonds is 6. The van der Waals surface area contributed by atoms with Gasteiger partial charge in [0.2, 0.25) is 0 Å². The van der Waals surface area contributed by atoms with Crippen LogP contribution in [0.15, 0.2) is 48.5 Å². The molecule has 2 rings (SSSR count). The molecule has 2 aromatic carbocycles. The van der Waals surface area contributed by atoms with E-state index in [1.165, 1.54) is 0 Å². The summed E-state index contributed by atoms with van der Waals surface area (Å²) in [6.07, 6.45) is 0. The molecular formula is C16H19N3O2. The highest BCUT2D eigenvalue weighted by Crippen LogP contribution is 2.20. The molecule has 5 nitrogen and oxygen atoms in total. The van der Waals surface area contributed by atoms with Crippen LogP contribution in [0.25, 0.3) is 0 Å². The van der Waals surface area contributed by atoms with Gasteiger partial charge in [-0.15, -0.1) is 0 Å². The van der Waals surface area contributed by atoms with Crippen LogP contribution in [0.4, 0.5) is 16.2 Å². The van der Waals surface area contributed by atoms with Gasteiger partial charge in [-0.1, -0.05) is 18.2 Å². The zero-order valence-electron chi connectivity index (χ0n) is 11.9. The summed E-state index contributed by atoms with van der Waals surface area (Å²) in [7, 11) is 0. The molecule has 0 bridgehead atoms. The number of nitrogens with one attached hydrogen (secondary N) is 2. The van der Waals surface area contributed by atoms with Crippen molar-refractivity contribution in [3.8, 4) is 5.75 Å². The molecule has 0 radical (unpaired) electrons. The molecule has 4 N–H and O–H groups in total. The molecule has 0 unspecified atom stereocenters. The van der Waals surface area contributed by atoms with Crippen molar-refractivity contribution in [3.05, 3.63) is 54.1 Å². The van der Waals surface area contributed by atoms with Crippen molar-refractivity contribution in [2.75, 3.05) is 17.2 Å². The number of nitrogens with two attached hydrogens (primary N) is 1. The van der Waals surface area contributed by atoms with E-state index in [1.807, 2.05) is 43.3 Å². The molecule has 0 saturated carbocycles. The summed E-state index contributed by atoms with van der Waals surface area (Å²) >= 11 is 0. The van der Waals surface area contributed by atoms with Gasteiger partial charge in [0.05, 0.1) is 6.61 Å². The summed E-state index contributed by atoms with van der Waals surface area (Å²) in [5.74, 6) is 0.888. The van der Waals surface area contributed by atoms with E-state index in [9.17, 15) is 4.79 Å². The van der Waals surface area contributed by atoms with Crippen LogP contribution in [0.5, 0.6) is 5.75 Å². The van der Waals surface area contributed by atoms with Gasteiger partial charge in [0.25, 0.3) is 0 Å². The van der Waals surface area contributed by atoms with Crippen molar-refractivity contribution in [1.82, 2.24) is 0 Å². The Morgan fingerprint density at radius 2 is 1.76 bits per heavy atom. The number of para-hydroxylation sites is 1. The quantitative estimate of drug-likeness (QED) is 0.763. The topological polar surface area (TPSA) is 76.4 Å². The van der Waals surface area contributed by atoms with E-state index in [4.69, 9.17) is 10.5 Å². The van der Waals surface area contributed by atoms with E-state index in [1.54, 1.807) is 12.1 Å². The average molecular weight is 285 g/mol. The van der Waals surface area contributed by atoms with Gasteiger partial charge in [-0.2, -0.15) is 0 Å². The fourth-order valence-corrected chi connectivity index (χ4v) is 1.96. The Hall–Kier alpha value is -2.69. The highest BCUT2D eigenvalue weighted by Gasteiger charge is 2.02. The molecule has 0 fully saturated rings. The molecule has 0 saturated heterocycles. The second-order valence-corrected chi connectivity index (χ2v) is 4.46. The van der Waals surface area contributed by atoms with Crippen LogP contribution in [0, 0.1) is 0 Å². The molecule has 0 spiro atoms. The molecule has 0 atom stereocenters. The maximum absolute atomic E-state index is 10.7. The zero-order chi connectivity index (χ0) is 15.1. The lowest BCUT2D eigenvalue weighted by Gasteiger charge is -2.12. The van der Waals surface area contributed by atoms with Crippen molar-refractivity contribution in [1.29, 1.82) is 0 Å². The van der Waals surface area contributed by atoms with Gasteiger partial charge in [0.15, 0.2) is 0 Å². The average Bonchev–Trinajstić information content (AvgIpc) is 2.48. The number of anilines is 2. The molecule has 0 aliphatic rings. The molecule has 0 heterocycles. The minimum Gasteiger partial charge on any atom is -0.494 e. The predicted molar refractivity (Wildman–Crippen MR) is 84.6 cm³/mol. The van der Waals surface area contributed by atoms with Crippen molar-refractivity contribution in [3.63, 3.8) is 0 Å². The van der Waals surface area contributed by atoms with E-state index in [0.717, 1.165) is 17.0 Å². The minimum atomic E-state index is -0.568. The Bertz CT molecular complexity index is 597. The second kappa shape index (κ2) is 7.19. The third-order valence-electron chi connectivity index (χ3n) is 2.91. The van der Waals surface area contributed by atoms with E-state index in [0.29, 0.717) is 18.8 Å². The number of hydrogen-bond donors (Lipinski definition) is 3. The Kier molecular flexibility index (Phi) is 5.04. The number of ether oxygens (including phenoxy) is 1. The Morgan fingerprint density at radius 1 is 1.10 bits per heavy atom. The van der Waals surface area contributed by atoms with Crippen molar-refractivity contribution in [2.24, 2.45) is 5.73 Å². The lowest BCUT2D eigenvalue weighted by molar-refractivity contribution is 0.259. The third kappa shape index (κ3) is 4.42. The summed E-state index contributed by atoms with van der Waals surface area (Å²) in [5.41, 5.74) is 7.78. The standard InChI is InChI=1S/C16H19N3O2/c1-2-21-15-6-4-3-5-12(15)11-18-13-7-9-14(10-8-13)19-16(17)20/h3-10,18H,2,11H2,1H3,(H3,17,19,20). The number of primary amides is 1. The summed E-state index contributed by atoms with van der Waals surface area (Å²) in [5, 5.41) is 5.84. The van der Waals surface area contributed by atoms with Crippen LogP contribution in [0.2, 0.25) is 0 Å². The first-order chi connectivity index (χ1) is 10.2. The molecule has 21 heavy (non-hydrogen) atoms. The maximum Gasteiger partial charge on any atom is 0.316 e. The number of carbonyl (C=O) groups is 1. The number of urea groups is 1. The second-order valence-electron chi connectivity index (χ2n) is 4.46. The van der Waals surface area contributed by atoms with E-state index < -0.39 is 6.03 Å². The van der Waals surface area contributed by atoms with Crippen LogP contribution in [-0.2, 0) is 6.54 Å². The SMILES string of the molecule is CCOc1ccccc1CNc1ccc(NC(N)=O)cc1. The summed E-state index contributed by atoms with van der Waals surface area (Å²) in [6.45, 7) is 3.28. The van der Waals surface area contributed by atoms with Crippen LogP contribution >= 0.6 is 0 Å². The maximum atomic E-state index is 10.7. The number of benzene rings is 2. The first kappa shape index (κ1) is 14.7. The molecule has 0 aliphatic carbocycles. The molecule has 0 aliphatic heterocycles. The monoisotopic (exact) mass is 285 g/mol. The van der Waals surface area contributed by atoms with Crippen LogP contribution in [0.1, 0.15) is 12.5 Å². The number of amides is 2. The fraction of sp³-hybridized carbons (Fsp3) is 0.188. The first-order valence-electron chi connectivity index (χ1n) is 6.80. The lowest BCUT2D eigenvalue weighted by atomic mass is 10.2. The van der Waals surface area contributed by atoms with Crippen LogP contribution < -0.4 is 21.1 Å². The van der Waals surface area contributed by atoms with E-state index in [-0.39, 0.29) is 0 Å². The normalized spacial score (nSPS) is 9.95. The highest BCUT2D eigenvalue weighted by atomic mass is 16.5. The van der Waals surface area contributed by atoms with Gasteiger partial charge < -0.3 is 21.1 Å². The minimum absolute atomic E-state index is 0.568. The van der Waals surface area contributed by atoms with Gasteiger partial charge in [-0.05, 0) is 37.3 Å².